The van der Waals surface area contributed by atoms with Crippen LogP contribution in [0.1, 0.15) is 25.1 Å². The summed E-state index contributed by atoms with van der Waals surface area (Å²) in [6, 6.07) is 0.321. The van der Waals surface area contributed by atoms with Gasteiger partial charge in [-0.15, -0.1) is 0 Å². The van der Waals surface area contributed by atoms with Crippen LogP contribution in [0.2, 0.25) is 0 Å². The number of hydrogen-bond acceptors (Lipinski definition) is 5. The van der Waals surface area contributed by atoms with E-state index in [1.54, 1.807) is 0 Å². The smallest absolute Gasteiger partial charge is 0.0916 e. The number of aromatic nitrogens is 2. The van der Waals surface area contributed by atoms with E-state index in [-0.39, 0.29) is 0 Å². The van der Waals surface area contributed by atoms with Gasteiger partial charge in [-0.05, 0) is 13.0 Å². The lowest BCUT2D eigenvalue weighted by atomic mass is 9.97. The lowest BCUT2D eigenvalue weighted by molar-refractivity contribution is 0.176. The van der Waals surface area contributed by atoms with Crippen molar-refractivity contribution >= 4 is 11.7 Å². The number of hydrogen-bond donors (Lipinski definition) is 1. The van der Waals surface area contributed by atoms with Crippen molar-refractivity contribution in [2.24, 2.45) is 5.92 Å². The van der Waals surface area contributed by atoms with E-state index in [1.165, 1.54) is 11.7 Å². The summed E-state index contributed by atoms with van der Waals surface area (Å²) < 4.78 is 13.7. The molecule has 1 saturated heterocycles. The van der Waals surface area contributed by atoms with Crippen molar-refractivity contribution < 1.29 is 4.74 Å². The van der Waals surface area contributed by atoms with Gasteiger partial charge in [0.1, 0.15) is 0 Å². The maximum atomic E-state index is 5.40. The molecule has 0 radical (unpaired) electrons. The molecule has 1 fully saturated rings. The van der Waals surface area contributed by atoms with Gasteiger partial charge in [-0.2, -0.15) is 8.75 Å². The van der Waals surface area contributed by atoms with Gasteiger partial charge in [0.05, 0.1) is 36.3 Å². The molecule has 0 amide bonds. The van der Waals surface area contributed by atoms with Crippen LogP contribution in [-0.4, -0.2) is 28.5 Å². The number of ether oxygens (including phenoxy) is 1. The third-order valence-electron chi connectivity index (χ3n) is 2.56. The van der Waals surface area contributed by atoms with Crippen molar-refractivity contribution in [2.45, 2.75) is 19.4 Å². The fourth-order valence-corrected chi connectivity index (χ4v) is 2.31. The zero-order chi connectivity index (χ0) is 9.80. The Morgan fingerprint density at radius 1 is 1.79 bits per heavy atom. The molecule has 1 aliphatic rings. The summed E-state index contributed by atoms with van der Waals surface area (Å²) in [4.78, 5) is 0. The lowest BCUT2D eigenvalue weighted by Gasteiger charge is -2.20. The molecule has 2 unspecified atom stereocenters. The monoisotopic (exact) mass is 213 g/mol. The average molecular weight is 213 g/mol. The highest BCUT2D eigenvalue weighted by Gasteiger charge is 2.27. The summed E-state index contributed by atoms with van der Waals surface area (Å²) in [5.74, 6) is 0.554. The first-order valence-corrected chi connectivity index (χ1v) is 5.73. The topological polar surface area (TPSA) is 47.0 Å². The Hall–Kier alpha value is -0.520. The molecule has 1 aromatic rings. The van der Waals surface area contributed by atoms with E-state index in [9.17, 15) is 0 Å². The van der Waals surface area contributed by atoms with Crippen LogP contribution in [0.15, 0.2) is 6.20 Å². The van der Waals surface area contributed by atoms with Crippen LogP contribution < -0.4 is 5.32 Å². The van der Waals surface area contributed by atoms with Gasteiger partial charge < -0.3 is 10.1 Å². The first-order chi connectivity index (χ1) is 6.92. The predicted molar refractivity (Wildman–Crippen MR) is 55.3 cm³/mol. The highest BCUT2D eigenvalue weighted by molar-refractivity contribution is 6.99. The van der Waals surface area contributed by atoms with Crippen molar-refractivity contribution in [2.75, 3.05) is 19.8 Å². The Morgan fingerprint density at radius 2 is 2.71 bits per heavy atom. The molecule has 0 aliphatic carbocycles. The largest absolute Gasteiger partial charge is 0.381 e. The minimum Gasteiger partial charge on any atom is -0.381 e. The van der Waals surface area contributed by atoms with Crippen molar-refractivity contribution in [3.63, 3.8) is 0 Å². The Balaban J connectivity index is 2.06. The Morgan fingerprint density at radius 3 is 3.29 bits per heavy atom. The quantitative estimate of drug-likeness (QED) is 0.817. The summed E-state index contributed by atoms with van der Waals surface area (Å²) in [7, 11) is 0. The molecule has 0 spiro atoms. The Labute approximate surface area is 88.0 Å². The van der Waals surface area contributed by atoms with Crippen LogP contribution in [0.3, 0.4) is 0 Å². The van der Waals surface area contributed by atoms with Crippen molar-refractivity contribution in [3.05, 3.63) is 11.9 Å². The van der Waals surface area contributed by atoms with E-state index in [4.69, 9.17) is 4.74 Å². The highest BCUT2D eigenvalue weighted by atomic mass is 32.1. The van der Waals surface area contributed by atoms with Gasteiger partial charge in [-0.1, -0.05) is 6.92 Å². The van der Waals surface area contributed by atoms with Gasteiger partial charge in [0, 0.05) is 12.5 Å². The Bertz CT molecular complexity index is 259. The van der Waals surface area contributed by atoms with Crippen LogP contribution in [0, 0.1) is 5.92 Å². The summed E-state index contributed by atoms with van der Waals surface area (Å²) in [6.45, 7) is 4.79. The molecule has 1 aromatic heterocycles. The van der Waals surface area contributed by atoms with Crippen LogP contribution in [0.4, 0.5) is 0 Å². The number of rotatable bonds is 4. The van der Waals surface area contributed by atoms with Gasteiger partial charge in [-0.25, -0.2) is 0 Å². The molecular formula is C9H15N3OS. The summed E-state index contributed by atoms with van der Waals surface area (Å²) in [5.41, 5.74) is 1.06. The fourth-order valence-electron chi connectivity index (χ4n) is 1.86. The molecule has 4 nitrogen and oxygen atoms in total. The van der Waals surface area contributed by atoms with Crippen molar-refractivity contribution in [1.29, 1.82) is 0 Å². The average Bonchev–Trinajstić information content (AvgIpc) is 2.87. The fraction of sp³-hybridized carbons (Fsp3) is 0.778. The lowest BCUT2D eigenvalue weighted by Crippen LogP contribution is -2.28. The van der Waals surface area contributed by atoms with E-state index in [1.807, 2.05) is 6.20 Å². The summed E-state index contributed by atoms with van der Waals surface area (Å²) in [6.07, 6.45) is 2.98. The molecule has 2 rings (SSSR count). The highest BCUT2D eigenvalue weighted by Crippen LogP contribution is 2.27. The van der Waals surface area contributed by atoms with E-state index in [2.05, 4.69) is 21.0 Å². The second-order valence-electron chi connectivity index (χ2n) is 3.49. The third kappa shape index (κ3) is 2.10. The van der Waals surface area contributed by atoms with E-state index >= 15 is 0 Å². The van der Waals surface area contributed by atoms with Crippen molar-refractivity contribution in [3.8, 4) is 0 Å². The minimum atomic E-state index is 0.321. The third-order valence-corrected chi connectivity index (χ3v) is 3.05. The zero-order valence-corrected chi connectivity index (χ0v) is 9.09. The van der Waals surface area contributed by atoms with Crippen LogP contribution in [0.25, 0.3) is 0 Å². The molecule has 78 valence electrons. The van der Waals surface area contributed by atoms with Gasteiger partial charge >= 0.3 is 0 Å². The van der Waals surface area contributed by atoms with Crippen LogP contribution in [0.5, 0.6) is 0 Å². The van der Waals surface area contributed by atoms with Gasteiger partial charge in [-0.3, -0.25) is 0 Å². The summed E-state index contributed by atoms with van der Waals surface area (Å²) >= 11 is 1.27. The predicted octanol–water partition coefficient (Wildman–Crippen LogP) is 1.23. The normalized spacial score (nSPS) is 23.9. The molecule has 1 aliphatic heterocycles. The van der Waals surface area contributed by atoms with Crippen LogP contribution >= 0.6 is 11.7 Å². The van der Waals surface area contributed by atoms with Gasteiger partial charge in [0.25, 0.3) is 0 Å². The zero-order valence-electron chi connectivity index (χ0n) is 8.27. The van der Waals surface area contributed by atoms with Gasteiger partial charge in [0.2, 0.25) is 0 Å². The van der Waals surface area contributed by atoms with E-state index in [0.717, 1.165) is 31.9 Å². The van der Waals surface area contributed by atoms with E-state index in [0.29, 0.717) is 12.0 Å². The maximum absolute atomic E-state index is 5.40. The number of nitrogens with zero attached hydrogens (tertiary/aromatic N) is 2. The molecule has 2 atom stereocenters. The molecule has 14 heavy (non-hydrogen) atoms. The molecule has 0 bridgehead atoms. The SMILES string of the molecule is CCNC(c1cnsn1)C1CCOC1. The second-order valence-corrected chi connectivity index (χ2v) is 4.05. The minimum absolute atomic E-state index is 0.321. The van der Waals surface area contributed by atoms with Crippen LogP contribution in [-0.2, 0) is 4.74 Å². The van der Waals surface area contributed by atoms with Gasteiger partial charge in [0.15, 0.2) is 0 Å². The number of nitrogens with one attached hydrogen (secondary N) is 1. The maximum Gasteiger partial charge on any atom is 0.0916 e. The first kappa shape index (κ1) is 10.0. The molecule has 1 N–H and O–H groups in total. The van der Waals surface area contributed by atoms with E-state index < -0.39 is 0 Å². The molecular weight excluding hydrogens is 198 g/mol. The molecule has 5 heteroatoms. The standard InChI is InChI=1S/C9H15N3OS/c1-2-10-9(7-3-4-13-6-7)8-5-11-14-12-8/h5,7,9-10H,2-4,6H2,1H3. The molecule has 0 saturated carbocycles. The second kappa shape index (κ2) is 4.82. The first-order valence-electron chi connectivity index (χ1n) is 5.00. The Kier molecular flexibility index (Phi) is 3.44. The summed E-state index contributed by atoms with van der Waals surface area (Å²) in [5, 5.41) is 3.45. The van der Waals surface area contributed by atoms with Crippen molar-refractivity contribution in [1.82, 2.24) is 14.1 Å². The molecule has 2 heterocycles. The molecule has 0 aromatic carbocycles.